The number of ether oxygens (including phenoxy) is 1. The van der Waals surface area contributed by atoms with Crippen LogP contribution in [0.2, 0.25) is 0 Å². The van der Waals surface area contributed by atoms with E-state index in [4.69, 9.17) is 4.74 Å². The minimum atomic E-state index is -3.53. The lowest BCUT2D eigenvalue weighted by Gasteiger charge is -2.15. The second-order valence-electron chi connectivity index (χ2n) is 6.08. The highest BCUT2D eigenvalue weighted by Gasteiger charge is 2.27. The molecule has 3 rings (SSSR count). The van der Waals surface area contributed by atoms with E-state index in [1.165, 1.54) is 5.56 Å². The number of hydrogen-bond donors (Lipinski definition) is 1. The van der Waals surface area contributed by atoms with Gasteiger partial charge in [-0.2, -0.15) is 0 Å². The summed E-state index contributed by atoms with van der Waals surface area (Å²) in [5.41, 5.74) is 2.31. The molecule has 4 nitrogen and oxygen atoms in total. The molecular formula is C19H23NO3S. The Balaban J connectivity index is 1.70. The molecule has 5 heteroatoms. The van der Waals surface area contributed by atoms with Crippen molar-refractivity contribution >= 4 is 10.0 Å². The van der Waals surface area contributed by atoms with E-state index >= 15 is 0 Å². The SMILES string of the molecule is CCCCOc1ccc(S(=O)(=O)NC2CCc3ccccc32)cc1. The fraction of sp³-hybridized carbons (Fsp3) is 0.368. The first-order chi connectivity index (χ1) is 11.6. The Morgan fingerprint density at radius 2 is 1.88 bits per heavy atom. The highest BCUT2D eigenvalue weighted by Crippen LogP contribution is 2.32. The van der Waals surface area contributed by atoms with Crippen LogP contribution >= 0.6 is 0 Å². The minimum Gasteiger partial charge on any atom is -0.494 e. The standard InChI is InChI=1S/C19H23NO3S/c1-2-3-14-23-16-9-11-17(12-10-16)24(21,22)20-19-13-8-15-6-4-5-7-18(15)19/h4-7,9-12,19-20H,2-3,8,13-14H2,1H3. The lowest BCUT2D eigenvalue weighted by Crippen LogP contribution is -2.27. The van der Waals surface area contributed by atoms with Gasteiger partial charge in [0.25, 0.3) is 0 Å². The van der Waals surface area contributed by atoms with Gasteiger partial charge in [0.1, 0.15) is 5.75 Å². The summed E-state index contributed by atoms with van der Waals surface area (Å²) >= 11 is 0. The van der Waals surface area contributed by atoms with Crippen molar-refractivity contribution in [3.05, 3.63) is 59.7 Å². The zero-order valence-electron chi connectivity index (χ0n) is 13.9. The van der Waals surface area contributed by atoms with Gasteiger partial charge in [0, 0.05) is 6.04 Å². The molecule has 2 aromatic rings. The molecule has 1 aliphatic rings. The van der Waals surface area contributed by atoms with Crippen molar-refractivity contribution in [1.82, 2.24) is 4.72 Å². The molecule has 0 saturated carbocycles. The van der Waals surface area contributed by atoms with Gasteiger partial charge in [-0.3, -0.25) is 0 Å². The lowest BCUT2D eigenvalue weighted by atomic mass is 10.1. The van der Waals surface area contributed by atoms with Gasteiger partial charge in [-0.05, 0) is 54.7 Å². The molecule has 0 bridgehead atoms. The average Bonchev–Trinajstić information content (AvgIpc) is 2.98. The number of sulfonamides is 1. The molecule has 0 amide bonds. The van der Waals surface area contributed by atoms with Crippen LogP contribution in [-0.2, 0) is 16.4 Å². The van der Waals surface area contributed by atoms with E-state index < -0.39 is 10.0 Å². The Morgan fingerprint density at radius 1 is 1.12 bits per heavy atom. The van der Waals surface area contributed by atoms with Gasteiger partial charge >= 0.3 is 0 Å². The van der Waals surface area contributed by atoms with E-state index in [1.54, 1.807) is 24.3 Å². The quantitative estimate of drug-likeness (QED) is 0.776. The van der Waals surface area contributed by atoms with Crippen LogP contribution in [0.4, 0.5) is 0 Å². The van der Waals surface area contributed by atoms with E-state index in [0.29, 0.717) is 12.4 Å². The molecule has 0 spiro atoms. The monoisotopic (exact) mass is 345 g/mol. The van der Waals surface area contributed by atoms with Gasteiger partial charge in [-0.1, -0.05) is 37.6 Å². The summed E-state index contributed by atoms with van der Waals surface area (Å²) in [6, 6.07) is 14.5. The van der Waals surface area contributed by atoms with Crippen molar-refractivity contribution < 1.29 is 13.2 Å². The van der Waals surface area contributed by atoms with E-state index in [-0.39, 0.29) is 10.9 Å². The first-order valence-electron chi connectivity index (χ1n) is 8.43. The van der Waals surface area contributed by atoms with Crippen molar-refractivity contribution in [2.45, 2.75) is 43.5 Å². The maximum Gasteiger partial charge on any atom is 0.241 e. The third-order valence-electron chi connectivity index (χ3n) is 4.33. The van der Waals surface area contributed by atoms with Crippen LogP contribution < -0.4 is 9.46 Å². The van der Waals surface area contributed by atoms with Crippen LogP contribution in [0, 0.1) is 0 Å². The summed E-state index contributed by atoms with van der Waals surface area (Å²) in [5.74, 6) is 0.702. The van der Waals surface area contributed by atoms with Crippen LogP contribution in [0.3, 0.4) is 0 Å². The lowest BCUT2D eigenvalue weighted by molar-refractivity contribution is 0.309. The molecule has 0 saturated heterocycles. The van der Waals surface area contributed by atoms with Crippen LogP contribution in [0.25, 0.3) is 0 Å². The minimum absolute atomic E-state index is 0.147. The Morgan fingerprint density at radius 3 is 2.62 bits per heavy atom. The predicted octanol–water partition coefficient (Wildman–Crippen LogP) is 3.83. The molecule has 0 aromatic heterocycles. The first kappa shape index (κ1) is 17.0. The Hall–Kier alpha value is -1.85. The van der Waals surface area contributed by atoms with Crippen LogP contribution in [-0.4, -0.2) is 15.0 Å². The number of nitrogens with one attached hydrogen (secondary N) is 1. The summed E-state index contributed by atoms with van der Waals surface area (Å²) in [5, 5.41) is 0. The smallest absolute Gasteiger partial charge is 0.241 e. The van der Waals surface area contributed by atoms with Crippen molar-refractivity contribution in [1.29, 1.82) is 0 Å². The van der Waals surface area contributed by atoms with Gasteiger partial charge in [0.15, 0.2) is 0 Å². The highest BCUT2D eigenvalue weighted by molar-refractivity contribution is 7.89. The maximum atomic E-state index is 12.6. The molecule has 0 aliphatic heterocycles. The first-order valence-corrected chi connectivity index (χ1v) is 9.91. The Kier molecular flexibility index (Phi) is 5.21. The van der Waals surface area contributed by atoms with Gasteiger partial charge in [-0.15, -0.1) is 0 Å². The zero-order chi connectivity index (χ0) is 17.0. The fourth-order valence-electron chi connectivity index (χ4n) is 2.98. The Bertz CT molecular complexity index is 785. The average molecular weight is 345 g/mol. The highest BCUT2D eigenvalue weighted by atomic mass is 32.2. The fourth-order valence-corrected chi connectivity index (χ4v) is 4.23. The van der Waals surface area contributed by atoms with Gasteiger partial charge < -0.3 is 4.74 Å². The zero-order valence-corrected chi connectivity index (χ0v) is 14.7. The largest absolute Gasteiger partial charge is 0.494 e. The van der Waals surface area contributed by atoms with Crippen molar-refractivity contribution in [3.63, 3.8) is 0 Å². The van der Waals surface area contributed by atoms with E-state index in [1.807, 2.05) is 18.2 Å². The summed E-state index contributed by atoms with van der Waals surface area (Å²) in [6.45, 7) is 2.76. The van der Waals surface area contributed by atoms with Crippen molar-refractivity contribution in [2.24, 2.45) is 0 Å². The molecule has 128 valence electrons. The predicted molar refractivity (Wildman–Crippen MR) is 94.7 cm³/mol. The molecule has 1 atom stereocenters. The van der Waals surface area contributed by atoms with Gasteiger partial charge in [-0.25, -0.2) is 13.1 Å². The second-order valence-corrected chi connectivity index (χ2v) is 7.80. The van der Waals surface area contributed by atoms with Crippen molar-refractivity contribution in [3.8, 4) is 5.75 Å². The van der Waals surface area contributed by atoms with Crippen LogP contribution in [0.5, 0.6) is 5.75 Å². The third-order valence-corrected chi connectivity index (χ3v) is 5.82. The summed E-state index contributed by atoms with van der Waals surface area (Å²) in [6.07, 6.45) is 3.77. The number of benzene rings is 2. The van der Waals surface area contributed by atoms with Gasteiger partial charge in [0.2, 0.25) is 10.0 Å². The summed E-state index contributed by atoms with van der Waals surface area (Å²) in [7, 11) is -3.53. The van der Waals surface area contributed by atoms with E-state index in [2.05, 4.69) is 17.7 Å². The maximum absolute atomic E-state index is 12.6. The number of fused-ring (bicyclic) bond motifs is 1. The van der Waals surface area contributed by atoms with Gasteiger partial charge in [0.05, 0.1) is 11.5 Å². The molecule has 24 heavy (non-hydrogen) atoms. The third kappa shape index (κ3) is 3.79. The Labute approximate surface area is 143 Å². The second kappa shape index (κ2) is 7.36. The number of rotatable bonds is 7. The van der Waals surface area contributed by atoms with E-state index in [0.717, 1.165) is 31.2 Å². The van der Waals surface area contributed by atoms with Crippen LogP contribution in [0.1, 0.15) is 43.4 Å². The molecule has 1 unspecified atom stereocenters. The molecule has 0 fully saturated rings. The van der Waals surface area contributed by atoms with E-state index in [9.17, 15) is 8.42 Å². The molecular weight excluding hydrogens is 322 g/mol. The normalized spacial score (nSPS) is 16.8. The van der Waals surface area contributed by atoms with Crippen molar-refractivity contribution in [2.75, 3.05) is 6.61 Å². The summed E-state index contributed by atoms with van der Waals surface area (Å²) < 4.78 is 33.6. The molecule has 0 radical (unpaired) electrons. The molecule has 1 aliphatic carbocycles. The van der Waals surface area contributed by atoms with Crippen LogP contribution in [0.15, 0.2) is 53.4 Å². The number of hydrogen-bond acceptors (Lipinski definition) is 3. The number of unbranched alkanes of at least 4 members (excludes halogenated alkanes) is 1. The molecule has 0 heterocycles. The molecule has 1 N–H and O–H groups in total. The molecule has 2 aromatic carbocycles. The topological polar surface area (TPSA) is 55.4 Å². The number of aryl methyl sites for hydroxylation is 1. The summed E-state index contributed by atoms with van der Waals surface area (Å²) in [4.78, 5) is 0.273.